The van der Waals surface area contributed by atoms with Crippen molar-refractivity contribution in [3.63, 3.8) is 0 Å². The van der Waals surface area contributed by atoms with Crippen LogP contribution in [0, 0.1) is 0 Å². The van der Waals surface area contributed by atoms with Crippen molar-refractivity contribution in [3.8, 4) is 0 Å². The van der Waals surface area contributed by atoms with Gasteiger partial charge in [-0.05, 0) is 39.2 Å². The van der Waals surface area contributed by atoms with Crippen molar-refractivity contribution in [3.05, 3.63) is 35.9 Å². The lowest BCUT2D eigenvalue weighted by Crippen LogP contribution is -2.46. The predicted octanol–water partition coefficient (Wildman–Crippen LogP) is 2.95. The normalized spacial score (nSPS) is 18.2. The number of amides is 2. The number of rotatable bonds is 8. The average molecular weight is 451 g/mol. The maximum absolute atomic E-state index is 12.9. The lowest BCUT2D eigenvalue weighted by molar-refractivity contribution is -0.145. The molecule has 1 aliphatic heterocycles. The van der Waals surface area contributed by atoms with E-state index in [-0.39, 0.29) is 26.2 Å². The van der Waals surface area contributed by atoms with Gasteiger partial charge in [-0.15, -0.1) is 0 Å². The fraction of sp³-hybridized carbons (Fsp3) is 0.609. The molecule has 9 heteroatoms. The molecule has 2 rings (SSSR count). The van der Waals surface area contributed by atoms with Gasteiger partial charge in [-0.2, -0.15) is 0 Å². The molecule has 1 fully saturated rings. The second-order valence-electron chi connectivity index (χ2n) is 8.73. The lowest BCUT2D eigenvalue weighted by Gasteiger charge is -2.31. The highest BCUT2D eigenvalue weighted by atomic mass is 16.6. The summed E-state index contributed by atoms with van der Waals surface area (Å²) in [5.74, 6) is -0.566. The first kappa shape index (κ1) is 25.5. The summed E-state index contributed by atoms with van der Waals surface area (Å²) < 4.78 is 15.8. The van der Waals surface area contributed by atoms with Crippen LogP contribution in [0.15, 0.2) is 30.3 Å². The van der Waals surface area contributed by atoms with E-state index in [0.29, 0.717) is 19.4 Å². The Bertz CT molecular complexity index is 763. The zero-order valence-electron chi connectivity index (χ0n) is 19.3. The highest BCUT2D eigenvalue weighted by Crippen LogP contribution is 2.26. The number of likely N-dealkylation sites (tertiary alicyclic amines) is 1. The molecule has 1 N–H and O–H groups in total. The SMILES string of the molecule is COC(=O)C1CC(N(CCCCO)C(=O)OC(C)(C)C)CN1C(=O)OCc1ccccc1. The lowest BCUT2D eigenvalue weighted by atomic mass is 10.1. The van der Waals surface area contributed by atoms with E-state index >= 15 is 0 Å². The van der Waals surface area contributed by atoms with Crippen LogP contribution in [0.4, 0.5) is 9.59 Å². The maximum Gasteiger partial charge on any atom is 0.410 e. The monoisotopic (exact) mass is 450 g/mol. The summed E-state index contributed by atoms with van der Waals surface area (Å²) in [4.78, 5) is 40.9. The van der Waals surface area contributed by atoms with Crippen molar-refractivity contribution in [2.24, 2.45) is 0 Å². The van der Waals surface area contributed by atoms with Gasteiger partial charge in [0.15, 0.2) is 0 Å². The van der Waals surface area contributed by atoms with Crippen molar-refractivity contribution in [2.45, 2.75) is 64.3 Å². The second-order valence-corrected chi connectivity index (χ2v) is 8.73. The molecule has 0 saturated carbocycles. The Balaban J connectivity index is 2.15. The Labute approximate surface area is 189 Å². The molecule has 178 valence electrons. The van der Waals surface area contributed by atoms with Crippen molar-refractivity contribution in [1.82, 2.24) is 9.80 Å². The minimum Gasteiger partial charge on any atom is -0.467 e. The number of carbonyl (C=O) groups is 3. The number of aliphatic hydroxyl groups excluding tert-OH is 1. The predicted molar refractivity (Wildman–Crippen MR) is 117 cm³/mol. The van der Waals surface area contributed by atoms with E-state index in [1.165, 1.54) is 16.9 Å². The summed E-state index contributed by atoms with van der Waals surface area (Å²) in [6.07, 6.45) is 0.128. The van der Waals surface area contributed by atoms with E-state index in [1.807, 2.05) is 30.3 Å². The zero-order chi connectivity index (χ0) is 23.7. The number of hydrogen-bond donors (Lipinski definition) is 1. The molecule has 0 spiro atoms. The molecule has 0 aliphatic carbocycles. The summed E-state index contributed by atoms with van der Waals surface area (Å²) in [6.45, 7) is 5.85. The van der Waals surface area contributed by atoms with Gasteiger partial charge in [0.05, 0.1) is 13.2 Å². The zero-order valence-corrected chi connectivity index (χ0v) is 19.3. The molecule has 1 saturated heterocycles. The summed E-state index contributed by atoms with van der Waals surface area (Å²) in [6, 6.07) is 7.92. The maximum atomic E-state index is 12.9. The number of aliphatic hydroxyl groups is 1. The van der Waals surface area contributed by atoms with Crippen molar-refractivity contribution in [1.29, 1.82) is 0 Å². The van der Waals surface area contributed by atoms with Crippen LogP contribution in [-0.4, -0.2) is 77.6 Å². The van der Waals surface area contributed by atoms with Gasteiger partial charge in [-0.1, -0.05) is 30.3 Å². The van der Waals surface area contributed by atoms with Crippen LogP contribution in [-0.2, 0) is 25.6 Å². The van der Waals surface area contributed by atoms with Gasteiger partial charge in [0.2, 0.25) is 0 Å². The second kappa shape index (κ2) is 11.7. The molecule has 1 aromatic carbocycles. The van der Waals surface area contributed by atoms with Crippen LogP contribution in [0.3, 0.4) is 0 Å². The first-order valence-corrected chi connectivity index (χ1v) is 10.8. The Morgan fingerprint density at radius 2 is 1.84 bits per heavy atom. The number of methoxy groups -OCH3 is 1. The average Bonchev–Trinajstić information content (AvgIpc) is 3.19. The first-order valence-electron chi connectivity index (χ1n) is 10.8. The fourth-order valence-electron chi connectivity index (χ4n) is 3.54. The van der Waals surface area contributed by atoms with E-state index in [9.17, 15) is 14.4 Å². The quantitative estimate of drug-likeness (QED) is 0.369. The summed E-state index contributed by atoms with van der Waals surface area (Å²) in [5, 5.41) is 9.12. The third-order valence-corrected chi connectivity index (χ3v) is 5.07. The number of esters is 1. The molecule has 0 radical (unpaired) electrons. The number of ether oxygens (including phenoxy) is 3. The fourth-order valence-corrected chi connectivity index (χ4v) is 3.54. The summed E-state index contributed by atoms with van der Waals surface area (Å²) in [5.41, 5.74) is 0.131. The summed E-state index contributed by atoms with van der Waals surface area (Å²) >= 11 is 0. The van der Waals surface area contributed by atoms with E-state index in [1.54, 1.807) is 20.8 Å². The van der Waals surface area contributed by atoms with Crippen LogP contribution in [0.25, 0.3) is 0 Å². The molecule has 1 aromatic rings. The molecule has 2 amide bonds. The van der Waals surface area contributed by atoms with Gasteiger partial charge >= 0.3 is 18.2 Å². The van der Waals surface area contributed by atoms with Crippen LogP contribution in [0.1, 0.15) is 45.6 Å². The number of benzene rings is 1. The molecule has 0 aromatic heterocycles. The van der Waals surface area contributed by atoms with Crippen molar-refractivity contribution < 1.29 is 33.7 Å². The van der Waals surface area contributed by atoms with Gasteiger partial charge < -0.3 is 24.2 Å². The van der Waals surface area contributed by atoms with Gasteiger partial charge in [0.1, 0.15) is 18.2 Å². The van der Waals surface area contributed by atoms with Gasteiger partial charge in [0.25, 0.3) is 0 Å². The van der Waals surface area contributed by atoms with Crippen molar-refractivity contribution in [2.75, 3.05) is 26.8 Å². The van der Waals surface area contributed by atoms with E-state index in [2.05, 4.69) is 0 Å². The standard InChI is InChI=1S/C23H34N2O7/c1-23(2,3)32-22(29)24(12-8-9-13-26)18-14-19(20(27)30-4)25(15-18)21(28)31-16-17-10-6-5-7-11-17/h5-7,10-11,18-19,26H,8-9,12-16H2,1-4H3. The first-order chi connectivity index (χ1) is 15.2. The number of carbonyl (C=O) groups excluding carboxylic acids is 3. The molecule has 1 heterocycles. The minimum atomic E-state index is -0.865. The van der Waals surface area contributed by atoms with Crippen LogP contribution in [0.5, 0.6) is 0 Å². The Morgan fingerprint density at radius 3 is 2.44 bits per heavy atom. The third-order valence-electron chi connectivity index (χ3n) is 5.07. The van der Waals surface area contributed by atoms with Crippen LogP contribution < -0.4 is 0 Å². The number of hydrogen-bond acceptors (Lipinski definition) is 7. The Morgan fingerprint density at radius 1 is 1.16 bits per heavy atom. The van der Waals surface area contributed by atoms with Crippen LogP contribution >= 0.6 is 0 Å². The van der Waals surface area contributed by atoms with Gasteiger partial charge in [0, 0.05) is 26.1 Å². The summed E-state index contributed by atoms with van der Waals surface area (Å²) in [7, 11) is 1.26. The highest BCUT2D eigenvalue weighted by Gasteiger charge is 2.45. The molecule has 2 unspecified atom stereocenters. The van der Waals surface area contributed by atoms with Crippen molar-refractivity contribution >= 4 is 18.2 Å². The molecule has 9 nitrogen and oxygen atoms in total. The highest BCUT2D eigenvalue weighted by molar-refractivity contribution is 5.82. The Hall–Kier alpha value is -2.81. The van der Waals surface area contributed by atoms with E-state index in [0.717, 1.165) is 5.56 Å². The Kier molecular flexibility index (Phi) is 9.31. The number of unbranched alkanes of at least 4 members (excludes halogenated alkanes) is 1. The van der Waals surface area contributed by atoms with E-state index < -0.39 is 35.8 Å². The number of nitrogens with zero attached hydrogens (tertiary/aromatic N) is 2. The smallest absolute Gasteiger partial charge is 0.410 e. The molecule has 2 atom stereocenters. The largest absolute Gasteiger partial charge is 0.467 e. The third kappa shape index (κ3) is 7.40. The molecule has 1 aliphatic rings. The van der Waals surface area contributed by atoms with Gasteiger partial charge in [-0.25, -0.2) is 14.4 Å². The molecule has 0 bridgehead atoms. The topological polar surface area (TPSA) is 106 Å². The molecular formula is C23H34N2O7. The van der Waals surface area contributed by atoms with Crippen LogP contribution in [0.2, 0.25) is 0 Å². The molecule has 32 heavy (non-hydrogen) atoms. The minimum absolute atomic E-state index is 0.00947. The van der Waals surface area contributed by atoms with E-state index in [4.69, 9.17) is 19.3 Å². The van der Waals surface area contributed by atoms with Gasteiger partial charge in [-0.3, -0.25) is 4.90 Å². The molecular weight excluding hydrogens is 416 g/mol.